The van der Waals surface area contributed by atoms with Crippen molar-refractivity contribution in [2.75, 3.05) is 5.75 Å². The van der Waals surface area contributed by atoms with Gasteiger partial charge in [0.15, 0.2) is 0 Å². The Bertz CT molecular complexity index is 216. The van der Waals surface area contributed by atoms with Gasteiger partial charge in [0.2, 0.25) is 0 Å². The summed E-state index contributed by atoms with van der Waals surface area (Å²) >= 11 is 0. The average molecular weight is 166 g/mol. The SMILES string of the molecule is CC1(CCS(=O)(=O)F)CC1. The van der Waals surface area contributed by atoms with Crippen molar-refractivity contribution in [3.63, 3.8) is 0 Å². The smallest absolute Gasteiger partial charge is 0.195 e. The summed E-state index contributed by atoms with van der Waals surface area (Å²) < 4.78 is 32.0. The second-order valence-corrected chi connectivity index (χ2v) is 4.79. The highest BCUT2D eigenvalue weighted by atomic mass is 32.3. The molecule has 0 bridgehead atoms. The summed E-state index contributed by atoms with van der Waals surface area (Å²) in [5.74, 6) is -0.302. The van der Waals surface area contributed by atoms with Crippen molar-refractivity contribution in [1.29, 1.82) is 0 Å². The van der Waals surface area contributed by atoms with Gasteiger partial charge < -0.3 is 0 Å². The fourth-order valence-corrected chi connectivity index (χ4v) is 1.57. The minimum absolute atomic E-state index is 0.138. The molecule has 1 rings (SSSR count). The Morgan fingerprint density at radius 2 is 2.00 bits per heavy atom. The largest absolute Gasteiger partial charge is 0.302 e. The van der Waals surface area contributed by atoms with Gasteiger partial charge in [-0.05, 0) is 24.7 Å². The first kappa shape index (κ1) is 7.98. The van der Waals surface area contributed by atoms with E-state index in [1.54, 1.807) is 0 Å². The van der Waals surface area contributed by atoms with Gasteiger partial charge in [0.1, 0.15) is 0 Å². The lowest BCUT2D eigenvalue weighted by atomic mass is 10.1. The van der Waals surface area contributed by atoms with Gasteiger partial charge in [-0.15, -0.1) is 3.89 Å². The van der Waals surface area contributed by atoms with E-state index in [0.29, 0.717) is 6.42 Å². The monoisotopic (exact) mass is 166 g/mol. The Balaban J connectivity index is 2.30. The van der Waals surface area contributed by atoms with Gasteiger partial charge in [-0.3, -0.25) is 0 Å². The second-order valence-electron chi connectivity index (χ2n) is 3.30. The molecule has 0 aromatic rings. The summed E-state index contributed by atoms with van der Waals surface area (Å²) in [5.41, 5.74) is 0.138. The van der Waals surface area contributed by atoms with Crippen LogP contribution in [0.1, 0.15) is 26.2 Å². The second kappa shape index (κ2) is 2.19. The third-order valence-corrected chi connectivity index (χ3v) is 2.74. The summed E-state index contributed by atoms with van der Waals surface area (Å²) in [4.78, 5) is 0. The molecule has 1 aliphatic rings. The predicted octanol–water partition coefficient (Wildman–Crippen LogP) is 1.48. The standard InChI is InChI=1S/C6H11FO2S/c1-6(2-3-6)4-5-10(7,8)9/h2-5H2,1H3. The van der Waals surface area contributed by atoms with E-state index in [-0.39, 0.29) is 11.2 Å². The van der Waals surface area contributed by atoms with Gasteiger partial charge in [0, 0.05) is 0 Å². The number of halogens is 1. The summed E-state index contributed by atoms with van der Waals surface area (Å²) in [7, 11) is -4.22. The fourth-order valence-electron chi connectivity index (χ4n) is 0.832. The van der Waals surface area contributed by atoms with E-state index < -0.39 is 10.2 Å². The van der Waals surface area contributed by atoms with E-state index in [2.05, 4.69) is 0 Å². The zero-order valence-electron chi connectivity index (χ0n) is 5.93. The van der Waals surface area contributed by atoms with E-state index in [1.165, 1.54) is 0 Å². The zero-order chi connectivity index (χ0) is 7.83. The molecule has 0 atom stereocenters. The lowest BCUT2D eigenvalue weighted by Gasteiger charge is -2.02. The third-order valence-electron chi connectivity index (χ3n) is 2.05. The number of hydrogen-bond acceptors (Lipinski definition) is 2. The average Bonchev–Trinajstić information content (AvgIpc) is 2.43. The molecule has 0 spiro atoms. The molecule has 1 saturated carbocycles. The topological polar surface area (TPSA) is 34.1 Å². The van der Waals surface area contributed by atoms with Crippen LogP contribution in [0.25, 0.3) is 0 Å². The molecule has 0 saturated heterocycles. The Hall–Kier alpha value is -0.120. The van der Waals surface area contributed by atoms with Crippen molar-refractivity contribution in [1.82, 2.24) is 0 Å². The molecule has 0 N–H and O–H groups in total. The fraction of sp³-hybridized carbons (Fsp3) is 1.00. The maximum atomic E-state index is 11.9. The van der Waals surface area contributed by atoms with Crippen LogP contribution in [-0.4, -0.2) is 14.2 Å². The molecule has 0 aromatic heterocycles. The maximum absolute atomic E-state index is 11.9. The first-order valence-electron chi connectivity index (χ1n) is 3.34. The van der Waals surface area contributed by atoms with Crippen LogP contribution >= 0.6 is 0 Å². The molecule has 0 aliphatic heterocycles. The molecular formula is C6H11FO2S. The molecule has 1 aliphatic carbocycles. The van der Waals surface area contributed by atoms with Crippen molar-refractivity contribution >= 4 is 10.2 Å². The Labute approximate surface area is 60.6 Å². The van der Waals surface area contributed by atoms with E-state index in [4.69, 9.17) is 0 Å². The molecule has 0 unspecified atom stereocenters. The van der Waals surface area contributed by atoms with Crippen molar-refractivity contribution < 1.29 is 12.3 Å². The highest BCUT2D eigenvalue weighted by molar-refractivity contribution is 7.86. The van der Waals surface area contributed by atoms with Crippen molar-refractivity contribution in [3.05, 3.63) is 0 Å². The van der Waals surface area contributed by atoms with Crippen molar-refractivity contribution in [2.45, 2.75) is 26.2 Å². The molecule has 0 radical (unpaired) electrons. The molecule has 60 valence electrons. The maximum Gasteiger partial charge on any atom is 0.302 e. The van der Waals surface area contributed by atoms with E-state index in [9.17, 15) is 12.3 Å². The lowest BCUT2D eigenvalue weighted by Crippen LogP contribution is -2.04. The molecule has 0 heterocycles. The molecule has 0 aromatic carbocycles. The van der Waals surface area contributed by atoms with Crippen LogP contribution in [0.5, 0.6) is 0 Å². The summed E-state index contributed by atoms with van der Waals surface area (Å²) in [6.45, 7) is 1.98. The first-order chi connectivity index (χ1) is 4.41. The molecular weight excluding hydrogens is 155 g/mol. The van der Waals surface area contributed by atoms with Gasteiger partial charge >= 0.3 is 10.2 Å². The minimum atomic E-state index is -4.22. The first-order valence-corrected chi connectivity index (χ1v) is 4.89. The van der Waals surface area contributed by atoms with E-state index >= 15 is 0 Å². The van der Waals surface area contributed by atoms with Gasteiger partial charge in [-0.25, -0.2) is 0 Å². The quantitative estimate of drug-likeness (QED) is 0.595. The summed E-state index contributed by atoms with van der Waals surface area (Å²) in [6, 6.07) is 0. The summed E-state index contributed by atoms with van der Waals surface area (Å²) in [5, 5.41) is 0. The Kier molecular flexibility index (Phi) is 1.75. The van der Waals surface area contributed by atoms with Crippen LogP contribution < -0.4 is 0 Å². The van der Waals surface area contributed by atoms with Crippen molar-refractivity contribution in [2.24, 2.45) is 5.41 Å². The zero-order valence-corrected chi connectivity index (χ0v) is 6.75. The highest BCUT2D eigenvalue weighted by Gasteiger charge is 2.37. The molecule has 2 nitrogen and oxygen atoms in total. The van der Waals surface area contributed by atoms with Gasteiger partial charge in [-0.1, -0.05) is 6.92 Å². The van der Waals surface area contributed by atoms with Crippen LogP contribution in [0.3, 0.4) is 0 Å². The minimum Gasteiger partial charge on any atom is -0.195 e. The molecule has 4 heteroatoms. The predicted molar refractivity (Wildman–Crippen MR) is 36.9 cm³/mol. The van der Waals surface area contributed by atoms with Gasteiger partial charge in [0.05, 0.1) is 5.75 Å². The van der Waals surface area contributed by atoms with E-state index in [1.807, 2.05) is 6.92 Å². The van der Waals surface area contributed by atoms with Crippen LogP contribution in [0.4, 0.5) is 3.89 Å². The molecule has 10 heavy (non-hydrogen) atoms. The Morgan fingerprint density at radius 3 is 2.30 bits per heavy atom. The van der Waals surface area contributed by atoms with Crippen LogP contribution in [0.15, 0.2) is 0 Å². The third kappa shape index (κ3) is 2.64. The number of rotatable bonds is 3. The lowest BCUT2D eigenvalue weighted by molar-refractivity contribution is 0.514. The van der Waals surface area contributed by atoms with Crippen LogP contribution in [0, 0.1) is 5.41 Å². The van der Waals surface area contributed by atoms with Crippen LogP contribution in [-0.2, 0) is 10.2 Å². The number of hydrogen-bond donors (Lipinski definition) is 0. The Morgan fingerprint density at radius 1 is 1.50 bits per heavy atom. The van der Waals surface area contributed by atoms with Gasteiger partial charge in [-0.2, -0.15) is 8.42 Å². The van der Waals surface area contributed by atoms with E-state index in [0.717, 1.165) is 12.8 Å². The molecule has 0 amide bonds. The normalized spacial score (nSPS) is 22.6. The molecule has 1 fully saturated rings. The van der Waals surface area contributed by atoms with Crippen LogP contribution in [0.2, 0.25) is 0 Å². The van der Waals surface area contributed by atoms with Gasteiger partial charge in [0.25, 0.3) is 0 Å². The highest BCUT2D eigenvalue weighted by Crippen LogP contribution is 2.48. The summed E-state index contributed by atoms with van der Waals surface area (Å²) in [6.07, 6.45) is 2.57. The van der Waals surface area contributed by atoms with Crippen molar-refractivity contribution in [3.8, 4) is 0 Å².